The summed E-state index contributed by atoms with van der Waals surface area (Å²) in [6.07, 6.45) is 2.33. The maximum atomic E-state index is 12.2. The molecule has 2 rings (SSSR count). The predicted octanol–water partition coefficient (Wildman–Crippen LogP) is 3.16. The summed E-state index contributed by atoms with van der Waals surface area (Å²) < 4.78 is 28.3. The number of carbonyl (C=O) groups excluding carboxylic acids is 1. The van der Waals surface area contributed by atoms with Gasteiger partial charge in [-0.3, -0.25) is 4.79 Å². The van der Waals surface area contributed by atoms with Crippen LogP contribution in [0.25, 0.3) is 0 Å². The molecule has 1 atom stereocenters. The van der Waals surface area contributed by atoms with E-state index in [1.807, 2.05) is 6.92 Å². The highest BCUT2D eigenvalue weighted by molar-refractivity contribution is 5.94. The molecule has 1 aliphatic carbocycles. The van der Waals surface area contributed by atoms with Crippen molar-refractivity contribution >= 4 is 5.91 Å². The van der Waals surface area contributed by atoms with Crippen LogP contribution in [0.15, 0.2) is 24.3 Å². The van der Waals surface area contributed by atoms with Crippen LogP contribution >= 0.6 is 0 Å². The number of carbonyl (C=O) groups is 1. The minimum Gasteiger partial charge on any atom is -0.435 e. The van der Waals surface area contributed by atoms with Crippen molar-refractivity contribution in [2.75, 3.05) is 7.05 Å². The Balaban J connectivity index is 2.02. The number of hydrogen-bond donors (Lipinski definition) is 0. The molecule has 19 heavy (non-hydrogen) atoms. The first-order chi connectivity index (χ1) is 8.99. The molecule has 1 aromatic carbocycles. The Bertz CT molecular complexity index is 443. The lowest BCUT2D eigenvalue weighted by Crippen LogP contribution is -2.36. The zero-order valence-electron chi connectivity index (χ0n) is 11.0. The number of rotatable bonds is 5. The number of ether oxygens (including phenoxy) is 1. The standard InChI is InChI=1S/C14H17F2NO2/c1-9(10-3-4-10)17(2)13(18)11-5-7-12(8-6-11)19-14(15)16/h5-10,14H,3-4H2,1-2H3. The van der Waals surface area contributed by atoms with Crippen molar-refractivity contribution in [2.24, 2.45) is 5.92 Å². The second-order valence-corrected chi connectivity index (χ2v) is 4.90. The molecule has 0 aliphatic heterocycles. The van der Waals surface area contributed by atoms with E-state index in [-0.39, 0.29) is 17.7 Å². The van der Waals surface area contributed by atoms with Crippen LogP contribution in [0.5, 0.6) is 5.75 Å². The topological polar surface area (TPSA) is 29.5 Å². The van der Waals surface area contributed by atoms with Crippen molar-refractivity contribution in [3.05, 3.63) is 29.8 Å². The summed E-state index contributed by atoms with van der Waals surface area (Å²) in [5.74, 6) is 0.558. The number of nitrogens with zero attached hydrogens (tertiary/aromatic N) is 1. The zero-order chi connectivity index (χ0) is 14.0. The number of benzene rings is 1. The van der Waals surface area contributed by atoms with Gasteiger partial charge in [0.25, 0.3) is 5.91 Å². The summed E-state index contributed by atoms with van der Waals surface area (Å²) in [6.45, 7) is -0.816. The molecule has 0 aromatic heterocycles. The van der Waals surface area contributed by atoms with Crippen molar-refractivity contribution < 1.29 is 18.3 Å². The zero-order valence-corrected chi connectivity index (χ0v) is 11.0. The lowest BCUT2D eigenvalue weighted by Gasteiger charge is -2.25. The van der Waals surface area contributed by atoms with Crippen molar-refractivity contribution in [3.8, 4) is 5.75 Å². The quantitative estimate of drug-likeness (QED) is 0.821. The molecule has 0 heterocycles. The van der Waals surface area contributed by atoms with Gasteiger partial charge in [-0.1, -0.05) is 0 Å². The SMILES string of the molecule is CC(C1CC1)N(C)C(=O)c1ccc(OC(F)F)cc1. The van der Waals surface area contributed by atoms with Crippen LogP contribution in [0, 0.1) is 5.92 Å². The molecule has 0 radical (unpaired) electrons. The number of alkyl halides is 2. The molecule has 1 saturated carbocycles. The highest BCUT2D eigenvalue weighted by atomic mass is 19.3. The van der Waals surface area contributed by atoms with Gasteiger partial charge in [0.2, 0.25) is 0 Å². The minimum absolute atomic E-state index is 0.0597. The average molecular weight is 269 g/mol. The van der Waals surface area contributed by atoms with Crippen LogP contribution in [0.2, 0.25) is 0 Å². The first-order valence-corrected chi connectivity index (χ1v) is 6.31. The lowest BCUT2D eigenvalue weighted by molar-refractivity contribution is -0.0498. The maximum Gasteiger partial charge on any atom is 0.387 e. The molecule has 1 aromatic rings. The fourth-order valence-corrected chi connectivity index (χ4v) is 2.06. The van der Waals surface area contributed by atoms with Crippen molar-refractivity contribution in [2.45, 2.75) is 32.4 Å². The Morgan fingerprint density at radius 2 is 1.89 bits per heavy atom. The fraction of sp³-hybridized carbons (Fsp3) is 0.500. The van der Waals surface area contributed by atoms with E-state index < -0.39 is 6.61 Å². The van der Waals surface area contributed by atoms with Crippen molar-refractivity contribution in [1.29, 1.82) is 0 Å². The lowest BCUT2D eigenvalue weighted by atomic mass is 10.1. The van der Waals surface area contributed by atoms with E-state index in [2.05, 4.69) is 4.74 Å². The van der Waals surface area contributed by atoms with Gasteiger partial charge in [0.1, 0.15) is 5.75 Å². The number of hydrogen-bond acceptors (Lipinski definition) is 2. The summed E-state index contributed by atoms with van der Waals surface area (Å²) >= 11 is 0. The van der Waals surface area contributed by atoms with Gasteiger partial charge >= 0.3 is 6.61 Å². The molecular formula is C14H17F2NO2. The van der Waals surface area contributed by atoms with Gasteiger partial charge in [0.15, 0.2) is 0 Å². The van der Waals surface area contributed by atoms with Crippen molar-refractivity contribution in [1.82, 2.24) is 4.90 Å². The second kappa shape index (κ2) is 5.55. The molecule has 1 amide bonds. The molecule has 5 heteroatoms. The predicted molar refractivity (Wildman–Crippen MR) is 67.4 cm³/mol. The monoisotopic (exact) mass is 269 g/mol. The van der Waals surface area contributed by atoms with Crippen LogP contribution in [-0.4, -0.2) is 30.5 Å². The molecule has 1 aliphatic rings. The normalized spacial score (nSPS) is 16.3. The molecular weight excluding hydrogens is 252 g/mol. The van der Waals surface area contributed by atoms with Gasteiger partial charge in [0, 0.05) is 18.7 Å². The molecule has 0 N–H and O–H groups in total. The molecule has 0 bridgehead atoms. The molecule has 0 saturated heterocycles. The van der Waals surface area contributed by atoms with Gasteiger partial charge < -0.3 is 9.64 Å². The first kappa shape index (κ1) is 13.8. The molecule has 3 nitrogen and oxygen atoms in total. The first-order valence-electron chi connectivity index (χ1n) is 6.31. The number of amides is 1. The maximum absolute atomic E-state index is 12.2. The second-order valence-electron chi connectivity index (χ2n) is 4.90. The Morgan fingerprint density at radius 1 is 1.32 bits per heavy atom. The van der Waals surface area contributed by atoms with E-state index in [9.17, 15) is 13.6 Å². The number of halogens is 2. The largest absolute Gasteiger partial charge is 0.435 e. The van der Waals surface area contributed by atoms with Crippen LogP contribution in [0.3, 0.4) is 0 Å². The van der Waals surface area contributed by atoms with Gasteiger partial charge in [-0.25, -0.2) is 0 Å². The molecule has 1 unspecified atom stereocenters. The van der Waals surface area contributed by atoms with Gasteiger partial charge in [-0.05, 0) is 49.9 Å². The Morgan fingerprint density at radius 3 is 2.37 bits per heavy atom. The van der Waals surface area contributed by atoms with Crippen LogP contribution in [-0.2, 0) is 0 Å². The van der Waals surface area contributed by atoms with Crippen LogP contribution in [0.1, 0.15) is 30.1 Å². The summed E-state index contributed by atoms with van der Waals surface area (Å²) in [6, 6.07) is 6.00. The third-order valence-electron chi connectivity index (χ3n) is 3.56. The minimum atomic E-state index is -2.85. The smallest absolute Gasteiger partial charge is 0.387 e. The van der Waals surface area contributed by atoms with E-state index in [0.29, 0.717) is 11.5 Å². The average Bonchev–Trinajstić information content (AvgIpc) is 3.20. The molecule has 104 valence electrons. The Kier molecular flexibility index (Phi) is 4.02. The van der Waals surface area contributed by atoms with Gasteiger partial charge in [-0.15, -0.1) is 0 Å². The van der Waals surface area contributed by atoms with Crippen LogP contribution < -0.4 is 4.74 Å². The summed E-state index contributed by atoms with van der Waals surface area (Å²) in [4.78, 5) is 13.9. The van der Waals surface area contributed by atoms with E-state index in [0.717, 1.165) is 0 Å². The molecule has 1 fully saturated rings. The van der Waals surface area contributed by atoms with E-state index >= 15 is 0 Å². The van der Waals surface area contributed by atoms with Crippen LogP contribution in [0.4, 0.5) is 8.78 Å². The molecule has 0 spiro atoms. The Hall–Kier alpha value is -1.65. The van der Waals surface area contributed by atoms with Crippen molar-refractivity contribution in [3.63, 3.8) is 0 Å². The Labute approximate surface area is 111 Å². The van der Waals surface area contributed by atoms with E-state index in [4.69, 9.17) is 0 Å². The fourth-order valence-electron chi connectivity index (χ4n) is 2.06. The highest BCUT2D eigenvalue weighted by Gasteiger charge is 2.32. The summed E-state index contributed by atoms with van der Waals surface area (Å²) in [5.41, 5.74) is 0.483. The summed E-state index contributed by atoms with van der Waals surface area (Å²) in [7, 11) is 1.77. The third kappa shape index (κ3) is 3.43. The van der Waals surface area contributed by atoms with E-state index in [1.165, 1.54) is 37.1 Å². The van der Waals surface area contributed by atoms with E-state index in [1.54, 1.807) is 11.9 Å². The van der Waals surface area contributed by atoms with Gasteiger partial charge in [-0.2, -0.15) is 8.78 Å². The van der Waals surface area contributed by atoms with Gasteiger partial charge in [0.05, 0.1) is 0 Å². The third-order valence-corrected chi connectivity index (χ3v) is 3.56. The summed E-state index contributed by atoms with van der Waals surface area (Å²) in [5, 5.41) is 0. The highest BCUT2D eigenvalue weighted by Crippen LogP contribution is 2.35.